The SMILES string of the molecule is Clp1c(=P(c2ccccc2)(c2ccccc2)c2ccccc2)p(Cl)c(=P(c2ccccc2)(c2ccccc2)c2ccccc2)p(Cl)c1=P(c1ccccc1)(c1ccccc1)c1ccccc1. The summed E-state index contributed by atoms with van der Waals surface area (Å²) in [6, 6.07) is 100. The summed E-state index contributed by atoms with van der Waals surface area (Å²) in [4.78, 5) is 0. The van der Waals surface area contributed by atoms with E-state index in [0.717, 1.165) is 0 Å². The molecule has 0 spiro atoms. The third-order valence-corrected chi connectivity index (χ3v) is 45.7. The molecule has 9 aromatic carbocycles. The Hall–Kier alpha value is -4.35. The minimum Gasteiger partial charge on any atom is -0.0622 e. The quantitative estimate of drug-likeness (QED) is 0.126. The molecule has 0 fully saturated rings. The first-order chi connectivity index (χ1) is 32.5. The average molecular weight is 1020 g/mol. The van der Waals surface area contributed by atoms with Gasteiger partial charge in [-0.1, -0.05) is 307 Å². The van der Waals surface area contributed by atoms with E-state index in [9.17, 15) is 0 Å². The zero-order chi connectivity index (χ0) is 45.0. The second-order valence-corrected chi connectivity index (χ2v) is 36.4. The lowest BCUT2D eigenvalue weighted by molar-refractivity contribution is 1.73. The van der Waals surface area contributed by atoms with Crippen molar-refractivity contribution in [1.29, 1.82) is 0 Å². The number of hydrogen-bond donors (Lipinski definition) is 0. The van der Waals surface area contributed by atoms with Crippen LogP contribution < -0.4 is 47.7 Å². The van der Waals surface area contributed by atoms with Crippen molar-refractivity contribution in [3.05, 3.63) is 286 Å². The zero-order valence-corrected chi connectivity index (χ0v) is 43.4. The first-order valence-corrected chi connectivity index (χ1v) is 33.8. The van der Waals surface area contributed by atoms with Gasteiger partial charge in [0.25, 0.3) is 0 Å². The summed E-state index contributed by atoms with van der Waals surface area (Å²) < 4.78 is 3.68. The van der Waals surface area contributed by atoms with Crippen LogP contribution in [0.4, 0.5) is 0 Å². The number of rotatable bonds is 9. The molecule has 10 aromatic rings. The molecule has 324 valence electrons. The molecule has 0 aliphatic rings. The molecule has 0 radical (unpaired) electrons. The molecule has 1 aromatic heterocycles. The summed E-state index contributed by atoms with van der Waals surface area (Å²) in [5.41, 5.74) is 0. The summed E-state index contributed by atoms with van der Waals surface area (Å²) in [7, 11) is 0. The van der Waals surface area contributed by atoms with Crippen molar-refractivity contribution in [3.63, 3.8) is 0 Å². The Balaban J connectivity index is 1.78. The van der Waals surface area contributed by atoms with E-state index in [4.69, 9.17) is 33.7 Å². The predicted octanol–water partition coefficient (Wildman–Crippen LogP) is 15.2. The van der Waals surface area contributed by atoms with Crippen molar-refractivity contribution in [2.45, 2.75) is 0 Å². The molecule has 0 saturated heterocycles. The van der Waals surface area contributed by atoms with Gasteiger partial charge in [-0.15, -0.1) is 0 Å². The minimum absolute atomic E-state index is 1.23. The van der Waals surface area contributed by atoms with Gasteiger partial charge in [0.15, 0.2) is 0 Å². The van der Waals surface area contributed by atoms with Gasteiger partial charge in [0, 0.05) is 0 Å². The Morgan fingerprint density at radius 2 is 0.288 bits per heavy atom. The van der Waals surface area contributed by atoms with Gasteiger partial charge in [-0.2, -0.15) is 0 Å². The van der Waals surface area contributed by atoms with Crippen LogP contribution in [-0.2, 0) is 0 Å². The van der Waals surface area contributed by atoms with E-state index in [1.165, 1.54) is 60.9 Å². The van der Waals surface area contributed by atoms with E-state index in [1.807, 2.05) is 0 Å². The maximum atomic E-state index is 8.97. The molecule has 1 heterocycles. The Labute approximate surface area is 406 Å². The van der Waals surface area contributed by atoms with Crippen molar-refractivity contribution in [1.82, 2.24) is 0 Å². The highest BCUT2D eigenvalue weighted by molar-refractivity contribution is 8.12. The van der Waals surface area contributed by atoms with Crippen molar-refractivity contribution in [3.8, 4) is 0 Å². The van der Waals surface area contributed by atoms with E-state index < -0.39 is 41.3 Å². The fourth-order valence-corrected chi connectivity index (χ4v) is 52.5. The molecule has 0 amide bonds. The molecule has 0 unspecified atom stereocenters. The van der Waals surface area contributed by atoms with Crippen LogP contribution in [-0.4, -0.2) is 0 Å². The monoisotopic (exact) mass is 1020 g/mol. The summed E-state index contributed by atoms with van der Waals surface area (Å²) in [6.45, 7) is -13.7. The molecule has 10 rings (SSSR count). The van der Waals surface area contributed by atoms with Gasteiger partial charge in [-0.05, 0) is 89.1 Å². The average Bonchev–Trinajstić information content (AvgIpc) is 3.40. The second kappa shape index (κ2) is 20.1. The Kier molecular flexibility index (Phi) is 13.8. The second-order valence-electron chi connectivity index (χ2n) is 15.8. The lowest BCUT2D eigenvalue weighted by atomic mass is 10.4. The number of benzene rings is 9. The Bertz CT molecular complexity index is 2830. The third-order valence-electron chi connectivity index (χ3n) is 12.2. The molecule has 0 atom stereocenters. The molecule has 0 aliphatic heterocycles. The summed E-state index contributed by atoms with van der Waals surface area (Å²) in [6.07, 6.45) is 0. The molecule has 0 bridgehead atoms. The number of hydrogen-bond acceptors (Lipinski definition) is 0. The van der Waals surface area contributed by atoms with Crippen LogP contribution in [0.5, 0.6) is 0 Å². The maximum absolute atomic E-state index is 8.97. The van der Waals surface area contributed by atoms with Crippen molar-refractivity contribution < 1.29 is 0 Å². The van der Waals surface area contributed by atoms with E-state index in [2.05, 4.69) is 273 Å². The molecular formula is C57H45Cl3P6. The molecule has 66 heavy (non-hydrogen) atoms. The zero-order valence-electron chi connectivity index (χ0n) is 35.8. The van der Waals surface area contributed by atoms with Crippen LogP contribution in [0, 0.1) is 13.2 Å². The minimum atomic E-state index is -2.87. The van der Waals surface area contributed by atoms with Gasteiger partial charge in [0.2, 0.25) is 0 Å². The predicted molar refractivity (Wildman–Crippen MR) is 303 cm³/mol. The summed E-state index contributed by atoms with van der Waals surface area (Å²) in [5.74, 6) is 0. The van der Waals surface area contributed by atoms with E-state index >= 15 is 0 Å². The smallest absolute Gasteiger partial charge is 0.0539 e. The highest BCUT2D eigenvalue weighted by Crippen LogP contribution is 2.74. The normalized spacial score (nSPS) is 12.7. The van der Waals surface area contributed by atoms with Gasteiger partial charge in [0.1, 0.15) is 0 Å². The van der Waals surface area contributed by atoms with Crippen LogP contribution in [0.3, 0.4) is 0 Å². The highest BCUT2D eigenvalue weighted by atomic mass is 35.7. The summed E-state index contributed by atoms with van der Waals surface area (Å²) >= 11 is 26.9. The lowest BCUT2D eigenvalue weighted by Gasteiger charge is -2.34. The van der Waals surface area contributed by atoms with Crippen molar-refractivity contribution >= 4 is 123 Å². The van der Waals surface area contributed by atoms with Gasteiger partial charge < -0.3 is 0 Å². The first-order valence-electron chi connectivity index (χ1n) is 21.7. The van der Waals surface area contributed by atoms with Gasteiger partial charge in [0.05, 0.1) is 13.2 Å². The van der Waals surface area contributed by atoms with Gasteiger partial charge >= 0.3 is 0 Å². The van der Waals surface area contributed by atoms with Gasteiger partial charge in [-0.3, -0.25) is 0 Å². The first kappa shape index (κ1) is 45.4. The Morgan fingerprint density at radius 1 is 0.182 bits per heavy atom. The van der Waals surface area contributed by atoms with E-state index in [-0.39, 0.29) is 0 Å². The fraction of sp³-hybridized carbons (Fsp3) is 0. The molecule has 0 N–H and O–H groups in total. The van der Waals surface area contributed by atoms with Crippen LogP contribution in [0.2, 0.25) is 0 Å². The standard InChI is InChI=1S/C57H45Cl3P6/c58-61-55(64(46-28-10-1-11-29-46,47-30-12-2-13-31-47)48-32-14-3-15-33-48)62(59)57(66(52-40-22-7-23-41-52,53-42-24-8-25-43-53)54-44-26-9-27-45-54)63(60)56(61)65(49-34-16-4-17-35-49,50-36-18-5-19-37-50)51-38-20-6-21-39-51/h1-45H. The molecule has 0 aliphatic carbocycles. The lowest BCUT2D eigenvalue weighted by Crippen LogP contribution is -2.27. The van der Waals surface area contributed by atoms with Crippen LogP contribution >= 0.6 is 75.0 Å². The van der Waals surface area contributed by atoms with Crippen molar-refractivity contribution in [2.24, 2.45) is 0 Å². The summed E-state index contributed by atoms with van der Waals surface area (Å²) in [5, 5.41) is 11.0. The topological polar surface area (TPSA) is 0 Å². The van der Waals surface area contributed by atoms with E-state index in [1.54, 1.807) is 0 Å². The Morgan fingerprint density at radius 3 is 0.394 bits per heavy atom. The highest BCUT2D eigenvalue weighted by Gasteiger charge is 2.37. The number of halogens is 3. The largest absolute Gasteiger partial charge is 0.0622 e. The van der Waals surface area contributed by atoms with Crippen LogP contribution in [0.15, 0.2) is 273 Å². The van der Waals surface area contributed by atoms with E-state index in [0.29, 0.717) is 0 Å². The third kappa shape index (κ3) is 7.66. The fourth-order valence-electron chi connectivity index (χ4n) is 9.54. The van der Waals surface area contributed by atoms with Crippen LogP contribution in [0.25, 0.3) is 0 Å². The van der Waals surface area contributed by atoms with Crippen molar-refractivity contribution in [2.75, 3.05) is 0 Å². The van der Waals surface area contributed by atoms with Crippen LogP contribution in [0.1, 0.15) is 0 Å². The molecular weight excluding hydrogens is 977 g/mol. The molecule has 9 heteroatoms. The maximum Gasteiger partial charge on any atom is 0.0539 e. The van der Waals surface area contributed by atoms with Gasteiger partial charge in [-0.25, -0.2) is 0 Å². The molecule has 0 saturated carbocycles. The molecule has 0 nitrogen and oxygen atoms in total.